The van der Waals surface area contributed by atoms with Gasteiger partial charge in [-0.2, -0.15) is 0 Å². The number of ether oxygens (including phenoxy) is 2. The summed E-state index contributed by atoms with van der Waals surface area (Å²) in [5.74, 6) is -1.24. The first-order valence-corrected chi connectivity index (χ1v) is 8.23. The molecule has 0 bridgehead atoms. The Morgan fingerprint density at radius 3 is 2.29 bits per heavy atom. The lowest BCUT2D eigenvalue weighted by atomic mass is 10.2. The fourth-order valence-corrected chi connectivity index (χ4v) is 2.66. The molecule has 6 nitrogen and oxygen atoms in total. The molecule has 0 fully saturated rings. The van der Waals surface area contributed by atoms with Crippen molar-refractivity contribution in [3.8, 4) is 0 Å². The zero-order valence-corrected chi connectivity index (χ0v) is 12.9. The molecule has 1 aromatic rings. The van der Waals surface area contributed by atoms with Crippen LogP contribution < -0.4 is 0 Å². The molecule has 0 heterocycles. The second-order valence-electron chi connectivity index (χ2n) is 4.68. The van der Waals surface area contributed by atoms with E-state index in [1.807, 2.05) is 13.8 Å². The minimum Gasteiger partial charge on any atom is -0.478 e. The van der Waals surface area contributed by atoms with Crippen LogP contribution in [0.5, 0.6) is 0 Å². The van der Waals surface area contributed by atoms with Gasteiger partial charge in [-0.05, 0) is 38.1 Å². The van der Waals surface area contributed by atoms with E-state index in [2.05, 4.69) is 0 Å². The quantitative estimate of drug-likeness (QED) is 0.696. The van der Waals surface area contributed by atoms with Crippen molar-refractivity contribution in [2.45, 2.75) is 24.8 Å². The maximum Gasteiger partial charge on any atom is 0.335 e. The van der Waals surface area contributed by atoms with Gasteiger partial charge in [0, 0.05) is 0 Å². The van der Waals surface area contributed by atoms with Gasteiger partial charge in [-0.25, -0.2) is 13.2 Å². The molecular weight excluding hydrogens is 296 g/mol. The molecule has 0 aliphatic heterocycles. The van der Waals surface area contributed by atoms with E-state index in [0.717, 1.165) is 0 Å². The molecule has 0 aliphatic carbocycles. The number of aromatic carboxylic acids is 1. The third-order valence-electron chi connectivity index (χ3n) is 2.64. The predicted octanol–water partition coefficient (Wildman–Crippen LogP) is 1.60. The van der Waals surface area contributed by atoms with Crippen molar-refractivity contribution < 1.29 is 27.8 Å². The average Bonchev–Trinajstić information content (AvgIpc) is 2.42. The summed E-state index contributed by atoms with van der Waals surface area (Å²) in [6.07, 6.45) is 0.116. The molecular formula is C14H20O6S. The van der Waals surface area contributed by atoms with Gasteiger partial charge < -0.3 is 14.6 Å². The van der Waals surface area contributed by atoms with E-state index in [0.29, 0.717) is 13.2 Å². The number of benzene rings is 1. The van der Waals surface area contributed by atoms with Crippen LogP contribution in [0.15, 0.2) is 29.2 Å². The molecule has 0 saturated carbocycles. The molecule has 21 heavy (non-hydrogen) atoms. The zero-order chi connectivity index (χ0) is 15.9. The third-order valence-corrected chi connectivity index (χ3v) is 4.33. The number of carboxylic acid groups (broad SMARTS) is 1. The summed E-state index contributed by atoms with van der Waals surface area (Å²) in [6.45, 7) is 4.65. The van der Waals surface area contributed by atoms with Crippen LogP contribution in [0.1, 0.15) is 24.2 Å². The van der Waals surface area contributed by atoms with Gasteiger partial charge in [0.25, 0.3) is 0 Å². The summed E-state index contributed by atoms with van der Waals surface area (Å²) in [4.78, 5) is 10.8. The van der Waals surface area contributed by atoms with E-state index in [1.165, 1.54) is 24.3 Å². The lowest BCUT2D eigenvalue weighted by Gasteiger charge is -2.08. The maximum atomic E-state index is 12.0. The van der Waals surface area contributed by atoms with Crippen LogP contribution in [-0.4, -0.2) is 51.2 Å². The summed E-state index contributed by atoms with van der Waals surface area (Å²) in [7, 11) is -3.47. The molecule has 1 aromatic carbocycles. The van der Waals surface area contributed by atoms with E-state index in [4.69, 9.17) is 14.6 Å². The van der Waals surface area contributed by atoms with Crippen molar-refractivity contribution in [1.29, 1.82) is 0 Å². The van der Waals surface area contributed by atoms with Crippen LogP contribution in [0.2, 0.25) is 0 Å². The van der Waals surface area contributed by atoms with E-state index in [9.17, 15) is 13.2 Å². The monoisotopic (exact) mass is 316 g/mol. The molecule has 0 aromatic heterocycles. The van der Waals surface area contributed by atoms with Gasteiger partial charge >= 0.3 is 5.97 Å². The SMILES string of the molecule is CC(C)OCCOCCS(=O)(=O)c1ccc(C(=O)O)cc1. The van der Waals surface area contributed by atoms with Crippen molar-refractivity contribution in [2.24, 2.45) is 0 Å². The molecule has 0 saturated heterocycles. The number of rotatable bonds is 9. The molecule has 1 N–H and O–H groups in total. The molecule has 1 rings (SSSR count). The van der Waals surface area contributed by atoms with Crippen molar-refractivity contribution in [2.75, 3.05) is 25.6 Å². The summed E-state index contributed by atoms with van der Waals surface area (Å²) in [5, 5.41) is 8.76. The summed E-state index contributed by atoms with van der Waals surface area (Å²) in [5.41, 5.74) is 0.0519. The standard InChI is InChI=1S/C14H20O6S/c1-11(2)20-8-7-19-9-10-21(17,18)13-5-3-12(4-6-13)14(15)16/h3-6,11H,7-10H2,1-2H3,(H,15,16). The Hall–Kier alpha value is -1.44. The Morgan fingerprint density at radius 2 is 1.76 bits per heavy atom. The molecule has 0 radical (unpaired) electrons. The second kappa shape index (κ2) is 8.11. The van der Waals surface area contributed by atoms with E-state index in [1.54, 1.807) is 0 Å². The minimum absolute atomic E-state index is 0.0519. The van der Waals surface area contributed by atoms with E-state index < -0.39 is 15.8 Å². The van der Waals surface area contributed by atoms with Crippen molar-refractivity contribution >= 4 is 15.8 Å². The first-order valence-electron chi connectivity index (χ1n) is 6.58. The van der Waals surface area contributed by atoms with Crippen molar-refractivity contribution in [3.05, 3.63) is 29.8 Å². The summed E-state index contributed by atoms with van der Waals surface area (Å²) >= 11 is 0. The topological polar surface area (TPSA) is 89.9 Å². The van der Waals surface area contributed by atoms with Crippen LogP contribution in [0.4, 0.5) is 0 Å². The minimum atomic E-state index is -3.47. The highest BCUT2D eigenvalue weighted by Crippen LogP contribution is 2.12. The fraction of sp³-hybridized carbons (Fsp3) is 0.500. The molecule has 0 spiro atoms. The predicted molar refractivity (Wildman–Crippen MR) is 77.4 cm³/mol. The Bertz CT molecular complexity index is 547. The number of sulfone groups is 1. The number of carboxylic acids is 1. The fourth-order valence-electron chi connectivity index (χ4n) is 1.54. The smallest absolute Gasteiger partial charge is 0.335 e. The molecule has 0 unspecified atom stereocenters. The molecule has 0 atom stereocenters. The number of hydrogen-bond donors (Lipinski definition) is 1. The highest BCUT2D eigenvalue weighted by Gasteiger charge is 2.15. The lowest BCUT2D eigenvalue weighted by molar-refractivity contribution is 0.0235. The largest absolute Gasteiger partial charge is 0.478 e. The lowest BCUT2D eigenvalue weighted by Crippen LogP contribution is -2.16. The number of hydrogen-bond acceptors (Lipinski definition) is 5. The first kappa shape index (κ1) is 17.6. The third kappa shape index (κ3) is 6.24. The van der Waals surface area contributed by atoms with Crippen LogP contribution in [0.25, 0.3) is 0 Å². The molecule has 118 valence electrons. The van der Waals surface area contributed by atoms with Gasteiger partial charge in [-0.1, -0.05) is 0 Å². The van der Waals surface area contributed by atoms with Crippen molar-refractivity contribution in [3.63, 3.8) is 0 Å². The van der Waals surface area contributed by atoms with Gasteiger partial charge in [-0.3, -0.25) is 0 Å². The highest BCUT2D eigenvalue weighted by atomic mass is 32.2. The van der Waals surface area contributed by atoms with Gasteiger partial charge in [0.2, 0.25) is 0 Å². The van der Waals surface area contributed by atoms with Crippen LogP contribution in [0, 0.1) is 0 Å². The maximum absolute atomic E-state index is 12.0. The van der Waals surface area contributed by atoms with Crippen LogP contribution in [0.3, 0.4) is 0 Å². The first-order chi connectivity index (χ1) is 9.83. The van der Waals surface area contributed by atoms with Gasteiger partial charge in [0.05, 0.1) is 42.1 Å². The summed E-state index contributed by atoms with van der Waals surface area (Å²) in [6, 6.07) is 5.13. The molecule has 0 amide bonds. The molecule has 0 aliphatic rings. The number of carbonyl (C=O) groups is 1. The second-order valence-corrected chi connectivity index (χ2v) is 6.79. The van der Waals surface area contributed by atoms with E-state index in [-0.39, 0.29) is 28.9 Å². The average molecular weight is 316 g/mol. The highest BCUT2D eigenvalue weighted by molar-refractivity contribution is 7.91. The summed E-state index contributed by atoms with van der Waals surface area (Å²) < 4.78 is 34.5. The van der Waals surface area contributed by atoms with Gasteiger partial charge in [0.1, 0.15) is 0 Å². The van der Waals surface area contributed by atoms with Gasteiger partial charge in [0.15, 0.2) is 9.84 Å². The van der Waals surface area contributed by atoms with Crippen molar-refractivity contribution in [1.82, 2.24) is 0 Å². The van der Waals surface area contributed by atoms with Crippen LogP contribution in [-0.2, 0) is 19.3 Å². The Kier molecular flexibility index (Phi) is 6.80. The molecule has 7 heteroatoms. The Morgan fingerprint density at radius 1 is 1.14 bits per heavy atom. The van der Waals surface area contributed by atoms with E-state index >= 15 is 0 Å². The van der Waals surface area contributed by atoms with Gasteiger partial charge in [-0.15, -0.1) is 0 Å². The normalized spacial score (nSPS) is 11.8. The van der Waals surface area contributed by atoms with Crippen LogP contribution >= 0.6 is 0 Å². The Labute approximate surface area is 124 Å². The zero-order valence-electron chi connectivity index (χ0n) is 12.1. The Balaban J connectivity index is 2.44.